The monoisotopic (exact) mass is 580 g/mol. The van der Waals surface area contributed by atoms with Crippen molar-refractivity contribution in [1.29, 1.82) is 0 Å². The van der Waals surface area contributed by atoms with Crippen LogP contribution in [0.4, 0.5) is 17.6 Å². The topological polar surface area (TPSA) is 126 Å². The molecule has 2 aromatic carbocycles. The standard InChI is InChI=1S/C26H24F4N4O5S/c1-15(33-21(35)13-17-12-18(7-8-19(17)27)39-26(28,29)30)24(37)34-20(11-16-5-3-2-4-6-16)23(36)25(38)32-14-22-31-9-10-40-22/h2-10,12,15,20H,11,13-14H2,1H3,(H,32,38)(H,33,35)(H,34,37)/t15-,20-/m1/s1. The van der Waals surface area contributed by atoms with Gasteiger partial charge in [0.1, 0.15) is 28.7 Å². The van der Waals surface area contributed by atoms with Crippen LogP contribution in [0.2, 0.25) is 0 Å². The lowest BCUT2D eigenvalue weighted by molar-refractivity contribution is -0.274. The number of Topliss-reactive ketones (excluding diaryl/α,β-unsaturated/α-hetero) is 1. The highest BCUT2D eigenvalue weighted by molar-refractivity contribution is 7.09. The zero-order chi connectivity index (χ0) is 29.3. The molecule has 0 aliphatic heterocycles. The van der Waals surface area contributed by atoms with Gasteiger partial charge in [-0.15, -0.1) is 24.5 Å². The minimum atomic E-state index is -5.00. The zero-order valence-corrected chi connectivity index (χ0v) is 21.8. The highest BCUT2D eigenvalue weighted by Crippen LogP contribution is 2.25. The molecular weight excluding hydrogens is 556 g/mol. The molecule has 0 radical (unpaired) electrons. The van der Waals surface area contributed by atoms with Gasteiger partial charge in [-0.05, 0) is 30.7 Å². The molecule has 2 atom stereocenters. The first-order valence-corrected chi connectivity index (χ1v) is 12.7. The number of aromatic nitrogens is 1. The second-order valence-corrected chi connectivity index (χ2v) is 9.47. The van der Waals surface area contributed by atoms with Crippen LogP contribution < -0.4 is 20.7 Å². The van der Waals surface area contributed by atoms with Crippen LogP contribution in [0.1, 0.15) is 23.1 Å². The Morgan fingerprint density at radius 1 is 1.05 bits per heavy atom. The third kappa shape index (κ3) is 9.45. The molecule has 40 heavy (non-hydrogen) atoms. The summed E-state index contributed by atoms with van der Waals surface area (Å²) in [6.07, 6.45) is -4.17. The fourth-order valence-corrected chi connectivity index (χ4v) is 4.07. The van der Waals surface area contributed by atoms with Crippen molar-refractivity contribution in [1.82, 2.24) is 20.9 Å². The van der Waals surface area contributed by atoms with Gasteiger partial charge in [-0.3, -0.25) is 19.2 Å². The Kier molecular flexibility index (Phi) is 10.3. The number of carbonyl (C=O) groups is 4. The van der Waals surface area contributed by atoms with Crippen LogP contribution >= 0.6 is 11.3 Å². The van der Waals surface area contributed by atoms with Gasteiger partial charge in [-0.25, -0.2) is 9.37 Å². The molecule has 3 N–H and O–H groups in total. The van der Waals surface area contributed by atoms with Gasteiger partial charge in [0.05, 0.1) is 13.0 Å². The summed E-state index contributed by atoms with van der Waals surface area (Å²) < 4.78 is 55.2. The number of halogens is 4. The Hall–Kier alpha value is -4.33. The van der Waals surface area contributed by atoms with Gasteiger partial charge < -0.3 is 20.7 Å². The largest absolute Gasteiger partial charge is 0.573 e. The number of nitrogens with zero attached hydrogens (tertiary/aromatic N) is 1. The van der Waals surface area contributed by atoms with E-state index in [1.807, 2.05) is 0 Å². The quantitative estimate of drug-likeness (QED) is 0.224. The van der Waals surface area contributed by atoms with E-state index in [9.17, 15) is 36.7 Å². The highest BCUT2D eigenvalue weighted by Gasteiger charge is 2.32. The molecule has 1 aromatic heterocycles. The number of benzene rings is 2. The number of ketones is 1. The van der Waals surface area contributed by atoms with Crippen molar-refractivity contribution >= 4 is 34.8 Å². The Morgan fingerprint density at radius 3 is 2.42 bits per heavy atom. The third-order valence-corrected chi connectivity index (χ3v) is 6.18. The van der Waals surface area contributed by atoms with Crippen molar-refractivity contribution in [3.8, 4) is 5.75 Å². The van der Waals surface area contributed by atoms with Crippen molar-refractivity contribution in [2.75, 3.05) is 0 Å². The summed E-state index contributed by atoms with van der Waals surface area (Å²) in [5, 5.41) is 9.51. The maximum atomic E-state index is 14.1. The summed E-state index contributed by atoms with van der Waals surface area (Å²) in [4.78, 5) is 54.8. The SMILES string of the molecule is C[C@@H](NC(=O)Cc1cc(OC(F)(F)F)ccc1F)C(=O)N[C@H](Cc1ccccc1)C(=O)C(=O)NCc1nccs1. The van der Waals surface area contributed by atoms with Gasteiger partial charge in [-0.2, -0.15) is 0 Å². The number of nitrogens with one attached hydrogen (secondary N) is 3. The third-order valence-electron chi connectivity index (χ3n) is 5.40. The summed E-state index contributed by atoms with van der Waals surface area (Å²) in [7, 11) is 0. The van der Waals surface area contributed by atoms with E-state index in [0.717, 1.165) is 18.2 Å². The molecule has 0 aliphatic carbocycles. The summed E-state index contributed by atoms with van der Waals surface area (Å²) in [6, 6.07) is 8.30. The first-order chi connectivity index (χ1) is 18.9. The van der Waals surface area contributed by atoms with Gasteiger partial charge >= 0.3 is 6.36 Å². The van der Waals surface area contributed by atoms with Crippen LogP contribution in [-0.2, 0) is 38.6 Å². The first-order valence-electron chi connectivity index (χ1n) is 11.8. The van der Waals surface area contributed by atoms with Crippen LogP contribution in [0, 0.1) is 5.82 Å². The lowest BCUT2D eigenvalue weighted by atomic mass is 10.0. The molecular formula is C26H24F4N4O5S. The van der Waals surface area contributed by atoms with Crippen molar-refractivity contribution in [2.24, 2.45) is 0 Å². The number of ether oxygens (including phenoxy) is 1. The average molecular weight is 581 g/mol. The molecule has 0 fully saturated rings. The number of alkyl halides is 3. The van der Waals surface area contributed by atoms with E-state index < -0.39 is 59.9 Å². The number of amides is 3. The fraction of sp³-hybridized carbons (Fsp3) is 0.269. The van der Waals surface area contributed by atoms with Crippen LogP contribution in [-0.4, -0.2) is 46.9 Å². The molecule has 3 amide bonds. The molecule has 1 heterocycles. The van der Waals surface area contributed by atoms with E-state index in [4.69, 9.17) is 0 Å². The molecule has 212 valence electrons. The number of rotatable bonds is 12. The van der Waals surface area contributed by atoms with E-state index in [1.54, 1.807) is 41.9 Å². The Bertz CT molecular complexity index is 1340. The number of hydrogen-bond donors (Lipinski definition) is 3. The van der Waals surface area contributed by atoms with Crippen LogP contribution in [0.15, 0.2) is 60.1 Å². The Balaban J connectivity index is 1.64. The zero-order valence-electron chi connectivity index (χ0n) is 21.0. The first kappa shape index (κ1) is 30.2. The van der Waals surface area contributed by atoms with E-state index in [-0.39, 0.29) is 18.5 Å². The van der Waals surface area contributed by atoms with Crippen molar-refractivity contribution in [3.63, 3.8) is 0 Å². The normalized spacial score (nSPS) is 12.6. The van der Waals surface area contributed by atoms with Crippen LogP contribution in [0.5, 0.6) is 5.75 Å². The molecule has 0 bridgehead atoms. The van der Waals surface area contributed by atoms with Gasteiger partial charge in [0.25, 0.3) is 5.91 Å². The van der Waals surface area contributed by atoms with Gasteiger partial charge in [0.15, 0.2) is 0 Å². The predicted octanol–water partition coefficient (Wildman–Crippen LogP) is 2.84. The van der Waals surface area contributed by atoms with Gasteiger partial charge in [0.2, 0.25) is 17.6 Å². The molecule has 0 spiro atoms. The minimum absolute atomic E-state index is 0.0199. The fourth-order valence-electron chi connectivity index (χ4n) is 3.51. The number of carbonyl (C=O) groups excluding carboxylic acids is 4. The summed E-state index contributed by atoms with van der Waals surface area (Å²) in [5.74, 6) is -5.21. The Labute approximate surface area is 229 Å². The molecule has 0 unspecified atom stereocenters. The lowest BCUT2D eigenvalue weighted by Crippen LogP contribution is -2.53. The summed E-state index contributed by atoms with van der Waals surface area (Å²) in [6.45, 7) is 1.31. The molecule has 0 aliphatic rings. The van der Waals surface area contributed by atoms with Crippen molar-refractivity contribution < 1.29 is 41.5 Å². The average Bonchev–Trinajstić information content (AvgIpc) is 3.42. The minimum Gasteiger partial charge on any atom is -0.406 e. The smallest absolute Gasteiger partial charge is 0.406 e. The van der Waals surface area contributed by atoms with E-state index in [2.05, 4.69) is 25.7 Å². The van der Waals surface area contributed by atoms with E-state index >= 15 is 0 Å². The lowest BCUT2D eigenvalue weighted by Gasteiger charge is -2.21. The van der Waals surface area contributed by atoms with Gasteiger partial charge in [-0.1, -0.05) is 30.3 Å². The molecule has 3 rings (SSSR count). The van der Waals surface area contributed by atoms with Crippen LogP contribution in [0.3, 0.4) is 0 Å². The summed E-state index contributed by atoms with van der Waals surface area (Å²) >= 11 is 1.28. The van der Waals surface area contributed by atoms with E-state index in [0.29, 0.717) is 10.6 Å². The molecule has 3 aromatic rings. The predicted molar refractivity (Wildman–Crippen MR) is 135 cm³/mol. The van der Waals surface area contributed by atoms with Gasteiger partial charge in [0, 0.05) is 23.6 Å². The maximum absolute atomic E-state index is 14.1. The van der Waals surface area contributed by atoms with Crippen molar-refractivity contribution in [2.45, 2.75) is 44.8 Å². The van der Waals surface area contributed by atoms with Crippen molar-refractivity contribution in [3.05, 3.63) is 82.1 Å². The number of thiazole rings is 1. The molecule has 14 heteroatoms. The molecule has 0 saturated carbocycles. The second-order valence-electron chi connectivity index (χ2n) is 8.49. The van der Waals surface area contributed by atoms with Crippen LogP contribution in [0.25, 0.3) is 0 Å². The maximum Gasteiger partial charge on any atom is 0.573 e. The summed E-state index contributed by atoms with van der Waals surface area (Å²) in [5.41, 5.74) is 0.267. The van der Waals surface area contributed by atoms with E-state index in [1.165, 1.54) is 18.3 Å². The second kappa shape index (κ2) is 13.6. The molecule has 9 nitrogen and oxygen atoms in total. The molecule has 0 saturated heterocycles. The Morgan fingerprint density at radius 2 is 1.77 bits per heavy atom. The number of hydrogen-bond acceptors (Lipinski definition) is 7. The highest BCUT2D eigenvalue weighted by atomic mass is 32.1.